The molecule has 1 aromatic heterocycles. The lowest BCUT2D eigenvalue weighted by Gasteiger charge is -2.31. The van der Waals surface area contributed by atoms with E-state index in [4.69, 9.17) is 4.74 Å². The highest BCUT2D eigenvalue weighted by atomic mass is 32.2. The topological polar surface area (TPSA) is 34.1 Å². The molecule has 2 atom stereocenters. The van der Waals surface area contributed by atoms with Gasteiger partial charge in [-0.3, -0.25) is 0 Å². The fraction of sp³-hybridized carbons (Fsp3) is 0.643. The molecule has 4 heteroatoms. The van der Waals surface area contributed by atoms with Gasteiger partial charge in [-0.2, -0.15) is 16.7 Å². The van der Waals surface area contributed by atoms with E-state index in [9.17, 15) is 0 Å². The minimum Gasteiger partial charge on any atom is -0.478 e. The molecule has 0 spiro atoms. The quantitative estimate of drug-likeness (QED) is 0.883. The van der Waals surface area contributed by atoms with E-state index in [0.29, 0.717) is 23.8 Å². The molecule has 0 amide bonds. The van der Waals surface area contributed by atoms with Crippen LogP contribution in [0.4, 0.5) is 5.82 Å². The van der Waals surface area contributed by atoms with Crippen molar-refractivity contribution in [3.8, 4) is 5.88 Å². The summed E-state index contributed by atoms with van der Waals surface area (Å²) in [5.74, 6) is 1.64. The zero-order valence-electron chi connectivity index (χ0n) is 11.2. The van der Waals surface area contributed by atoms with Gasteiger partial charge < -0.3 is 10.1 Å². The summed E-state index contributed by atoms with van der Waals surface area (Å²) < 4.78 is 5.43. The molecule has 2 rings (SSSR count). The van der Waals surface area contributed by atoms with E-state index >= 15 is 0 Å². The first kappa shape index (κ1) is 13.5. The summed E-state index contributed by atoms with van der Waals surface area (Å²) in [5.41, 5.74) is 0. The molecule has 1 heterocycles. The van der Waals surface area contributed by atoms with Crippen molar-refractivity contribution < 1.29 is 4.74 Å². The van der Waals surface area contributed by atoms with Crippen LogP contribution >= 0.6 is 11.8 Å². The van der Waals surface area contributed by atoms with Crippen molar-refractivity contribution in [2.24, 2.45) is 0 Å². The summed E-state index contributed by atoms with van der Waals surface area (Å²) in [7, 11) is 0. The third kappa shape index (κ3) is 3.55. The summed E-state index contributed by atoms with van der Waals surface area (Å²) in [6.45, 7) is 2.64. The Hall–Kier alpha value is -0.900. The van der Waals surface area contributed by atoms with Gasteiger partial charge in [-0.1, -0.05) is 18.9 Å². The van der Waals surface area contributed by atoms with Crippen LogP contribution in [0.5, 0.6) is 5.88 Å². The standard InChI is InChI=1S/C14H22N2OS/c1-3-17-14-10-6-9-13(16-14)15-11-7-4-5-8-12(11)18-2/h6,9-12H,3-5,7-8H2,1-2H3,(H,15,16). The highest BCUT2D eigenvalue weighted by Gasteiger charge is 2.24. The van der Waals surface area contributed by atoms with Gasteiger partial charge in [0.15, 0.2) is 0 Å². The summed E-state index contributed by atoms with van der Waals surface area (Å²) in [6, 6.07) is 6.46. The number of rotatable bonds is 5. The molecular formula is C14H22N2OS. The molecule has 0 saturated heterocycles. The van der Waals surface area contributed by atoms with Gasteiger partial charge in [0.25, 0.3) is 0 Å². The van der Waals surface area contributed by atoms with Crippen LogP contribution in [-0.4, -0.2) is 29.1 Å². The smallest absolute Gasteiger partial charge is 0.215 e. The van der Waals surface area contributed by atoms with Gasteiger partial charge in [-0.05, 0) is 32.1 Å². The first-order chi connectivity index (χ1) is 8.83. The van der Waals surface area contributed by atoms with Crippen molar-refractivity contribution in [3.63, 3.8) is 0 Å². The highest BCUT2D eigenvalue weighted by molar-refractivity contribution is 7.99. The number of pyridine rings is 1. The average molecular weight is 266 g/mol. The Labute approximate surface area is 114 Å². The molecule has 1 aromatic rings. The van der Waals surface area contributed by atoms with Crippen LogP contribution in [0.15, 0.2) is 18.2 Å². The van der Waals surface area contributed by atoms with Crippen molar-refractivity contribution in [3.05, 3.63) is 18.2 Å². The van der Waals surface area contributed by atoms with Crippen molar-refractivity contribution in [2.75, 3.05) is 18.2 Å². The summed E-state index contributed by atoms with van der Waals surface area (Å²) in [5, 5.41) is 4.27. The summed E-state index contributed by atoms with van der Waals surface area (Å²) in [6.07, 6.45) is 7.43. The number of aromatic nitrogens is 1. The average Bonchev–Trinajstić information content (AvgIpc) is 2.40. The Morgan fingerprint density at radius 1 is 1.39 bits per heavy atom. The number of nitrogens with one attached hydrogen (secondary N) is 1. The molecular weight excluding hydrogens is 244 g/mol. The van der Waals surface area contributed by atoms with Gasteiger partial charge in [0.05, 0.1) is 6.61 Å². The van der Waals surface area contributed by atoms with Crippen LogP contribution < -0.4 is 10.1 Å². The lowest BCUT2D eigenvalue weighted by atomic mass is 9.95. The zero-order chi connectivity index (χ0) is 12.8. The Morgan fingerprint density at radius 3 is 3.00 bits per heavy atom. The number of hydrogen-bond donors (Lipinski definition) is 1. The number of hydrogen-bond acceptors (Lipinski definition) is 4. The molecule has 1 aliphatic carbocycles. The van der Waals surface area contributed by atoms with Gasteiger partial charge >= 0.3 is 0 Å². The number of anilines is 1. The second-order valence-electron chi connectivity index (χ2n) is 4.60. The fourth-order valence-electron chi connectivity index (χ4n) is 2.46. The maximum atomic E-state index is 5.43. The van der Waals surface area contributed by atoms with Crippen LogP contribution in [0.2, 0.25) is 0 Å². The molecule has 0 bridgehead atoms. The Balaban J connectivity index is 2.00. The van der Waals surface area contributed by atoms with Gasteiger partial charge in [-0.15, -0.1) is 0 Å². The maximum absolute atomic E-state index is 5.43. The van der Waals surface area contributed by atoms with E-state index in [1.54, 1.807) is 0 Å². The molecule has 3 nitrogen and oxygen atoms in total. The Bertz CT molecular complexity index is 373. The maximum Gasteiger partial charge on any atom is 0.215 e. The van der Waals surface area contributed by atoms with Crippen molar-refractivity contribution >= 4 is 17.6 Å². The lowest BCUT2D eigenvalue weighted by Crippen LogP contribution is -2.34. The molecule has 18 heavy (non-hydrogen) atoms. The zero-order valence-corrected chi connectivity index (χ0v) is 12.0. The van der Waals surface area contributed by atoms with E-state index in [-0.39, 0.29) is 0 Å². The third-order valence-electron chi connectivity index (χ3n) is 3.35. The lowest BCUT2D eigenvalue weighted by molar-refractivity contribution is 0.327. The van der Waals surface area contributed by atoms with E-state index in [2.05, 4.69) is 16.6 Å². The van der Waals surface area contributed by atoms with Crippen LogP contribution in [0, 0.1) is 0 Å². The molecule has 1 N–H and O–H groups in total. The van der Waals surface area contributed by atoms with Crippen molar-refractivity contribution in [1.29, 1.82) is 0 Å². The van der Waals surface area contributed by atoms with Crippen molar-refractivity contribution in [1.82, 2.24) is 4.98 Å². The molecule has 2 unspecified atom stereocenters. The van der Waals surface area contributed by atoms with Crippen LogP contribution in [0.3, 0.4) is 0 Å². The predicted molar refractivity (Wildman–Crippen MR) is 78.6 cm³/mol. The largest absolute Gasteiger partial charge is 0.478 e. The number of ether oxygens (including phenoxy) is 1. The molecule has 1 fully saturated rings. The normalized spacial score (nSPS) is 23.7. The van der Waals surface area contributed by atoms with E-state index < -0.39 is 0 Å². The molecule has 100 valence electrons. The number of thioether (sulfide) groups is 1. The summed E-state index contributed by atoms with van der Waals surface area (Å²) in [4.78, 5) is 4.48. The monoisotopic (exact) mass is 266 g/mol. The van der Waals surface area contributed by atoms with E-state index in [1.165, 1.54) is 25.7 Å². The minimum absolute atomic E-state index is 0.540. The molecule has 0 aliphatic heterocycles. The first-order valence-corrected chi connectivity index (χ1v) is 8.01. The van der Waals surface area contributed by atoms with Crippen LogP contribution in [0.1, 0.15) is 32.6 Å². The Kier molecular flexibility index (Phi) is 5.17. The second-order valence-corrected chi connectivity index (χ2v) is 5.68. The molecule has 0 radical (unpaired) electrons. The minimum atomic E-state index is 0.540. The second kappa shape index (κ2) is 6.88. The van der Waals surface area contributed by atoms with E-state index in [1.807, 2.05) is 36.9 Å². The fourth-order valence-corrected chi connectivity index (χ4v) is 3.39. The van der Waals surface area contributed by atoms with Gasteiger partial charge in [0.1, 0.15) is 5.82 Å². The van der Waals surface area contributed by atoms with Crippen molar-refractivity contribution in [2.45, 2.75) is 43.9 Å². The molecule has 1 saturated carbocycles. The first-order valence-electron chi connectivity index (χ1n) is 6.72. The molecule has 0 aromatic carbocycles. The highest BCUT2D eigenvalue weighted by Crippen LogP contribution is 2.29. The predicted octanol–water partition coefficient (Wildman–Crippen LogP) is 3.57. The Morgan fingerprint density at radius 2 is 2.22 bits per heavy atom. The third-order valence-corrected chi connectivity index (χ3v) is 4.52. The van der Waals surface area contributed by atoms with E-state index in [0.717, 1.165) is 5.82 Å². The van der Waals surface area contributed by atoms with Gasteiger partial charge in [-0.25, -0.2) is 0 Å². The number of nitrogens with zero attached hydrogens (tertiary/aromatic N) is 1. The van der Waals surface area contributed by atoms with Crippen LogP contribution in [-0.2, 0) is 0 Å². The SMILES string of the molecule is CCOc1cccc(NC2CCCCC2SC)n1. The summed E-state index contributed by atoms with van der Waals surface area (Å²) >= 11 is 1.97. The van der Waals surface area contributed by atoms with Gasteiger partial charge in [0, 0.05) is 17.4 Å². The van der Waals surface area contributed by atoms with Gasteiger partial charge in [0.2, 0.25) is 5.88 Å². The van der Waals surface area contributed by atoms with Crippen LogP contribution in [0.25, 0.3) is 0 Å². The molecule has 1 aliphatic rings.